The highest BCUT2D eigenvalue weighted by atomic mass is 31.3. The second kappa shape index (κ2) is 12.9. The predicted molar refractivity (Wildman–Crippen MR) is 130 cm³/mol. The summed E-state index contributed by atoms with van der Waals surface area (Å²) < 4.78 is 69.2. The molecule has 41 heavy (non-hydrogen) atoms. The molecule has 2 aromatic heterocycles. The van der Waals surface area contributed by atoms with Gasteiger partial charge in [0.05, 0.1) is 32.3 Å². The van der Waals surface area contributed by atoms with Crippen LogP contribution in [0.25, 0.3) is 11.2 Å². The predicted octanol–water partition coefficient (Wildman–Crippen LogP) is -1.22. The van der Waals surface area contributed by atoms with Crippen LogP contribution < -0.4 is 5.73 Å². The van der Waals surface area contributed by atoms with E-state index in [0.29, 0.717) is 11.2 Å². The Balaban J connectivity index is 1.25. The number of fused-ring (bicyclic) bond motifs is 1. The van der Waals surface area contributed by atoms with E-state index in [1.807, 2.05) is 0 Å². The molecule has 0 bridgehead atoms. The molecular weight excluding hydrogens is 646 g/mol. The average Bonchev–Trinajstić information content (AvgIpc) is 3.52. The van der Waals surface area contributed by atoms with Crippen LogP contribution in [0.4, 0.5) is 5.82 Å². The summed E-state index contributed by atoms with van der Waals surface area (Å²) in [6, 6.07) is 0. The van der Waals surface area contributed by atoms with Gasteiger partial charge in [0.15, 0.2) is 11.5 Å². The fourth-order valence-electron chi connectivity index (χ4n) is 3.66. The maximum atomic E-state index is 12.1. The summed E-state index contributed by atoms with van der Waals surface area (Å²) in [6.07, 6.45) is -4.54. The van der Waals surface area contributed by atoms with Crippen LogP contribution in [-0.4, -0.2) is 105 Å². The van der Waals surface area contributed by atoms with E-state index in [4.69, 9.17) is 19.7 Å². The molecule has 4 unspecified atom stereocenters. The zero-order chi connectivity index (χ0) is 30.2. The third kappa shape index (κ3) is 8.51. The number of nitrogen functional groups attached to an aromatic ring is 1. The number of nitrogens with zero attached hydrogens (tertiary/aromatic N) is 4. The van der Waals surface area contributed by atoms with E-state index in [-0.39, 0.29) is 18.8 Å². The third-order valence-electron chi connectivity index (χ3n) is 5.49. The highest BCUT2D eigenvalue weighted by molar-refractivity contribution is 7.69. The monoisotopic (exact) mass is 671 g/mol. The molecule has 2 aliphatic heterocycles. The molecule has 2 aliphatic rings. The minimum Gasteiger partial charge on any atom is -0.390 e. The number of nitrogens with two attached hydrogens (primary N) is 1. The molecule has 4 heterocycles. The SMILES string of the molecule is Nc1ncnc2c1ncn2[C@H]1C[C@H](O)[C@@H](COP(O)OP(=O)(O)OP(=O)(O)OP(=O)(O)OC[C@H]2OC[C@H](O)[C@@H]2O)O1. The molecule has 9 N–H and O–H groups in total. The number of hydrogen-bond donors (Lipinski definition) is 8. The van der Waals surface area contributed by atoms with Crippen LogP contribution in [0, 0.1) is 0 Å². The van der Waals surface area contributed by atoms with Gasteiger partial charge in [-0.2, -0.15) is 8.62 Å². The van der Waals surface area contributed by atoms with Crippen molar-refractivity contribution < 1.29 is 80.0 Å². The Morgan fingerprint density at radius 1 is 1.00 bits per heavy atom. The van der Waals surface area contributed by atoms with Crippen molar-refractivity contribution in [2.45, 2.75) is 43.2 Å². The van der Waals surface area contributed by atoms with Gasteiger partial charge in [-0.3, -0.25) is 9.09 Å². The first-order valence-electron chi connectivity index (χ1n) is 11.2. The van der Waals surface area contributed by atoms with E-state index in [1.54, 1.807) is 0 Å². The van der Waals surface area contributed by atoms with Crippen LogP contribution in [0.5, 0.6) is 0 Å². The van der Waals surface area contributed by atoms with E-state index in [9.17, 15) is 48.6 Å². The Morgan fingerprint density at radius 2 is 1.71 bits per heavy atom. The Kier molecular flexibility index (Phi) is 10.3. The molecule has 2 aromatic rings. The van der Waals surface area contributed by atoms with E-state index in [1.165, 1.54) is 17.2 Å². The molecule has 0 saturated carbocycles. The summed E-state index contributed by atoms with van der Waals surface area (Å²) >= 11 is 0. The van der Waals surface area contributed by atoms with E-state index < -0.39 is 82.0 Å². The van der Waals surface area contributed by atoms with Gasteiger partial charge in [0.2, 0.25) is 0 Å². The lowest BCUT2D eigenvalue weighted by Gasteiger charge is -2.21. The Bertz CT molecular complexity index is 1370. The smallest absolute Gasteiger partial charge is 0.390 e. The lowest BCUT2D eigenvalue weighted by Crippen LogP contribution is -2.32. The lowest BCUT2D eigenvalue weighted by molar-refractivity contribution is -0.0397. The minimum atomic E-state index is -5.87. The number of phosphoric ester groups is 1. The highest BCUT2D eigenvalue weighted by Crippen LogP contribution is 2.70. The van der Waals surface area contributed by atoms with Gasteiger partial charge in [-0.05, 0) is 0 Å². The van der Waals surface area contributed by atoms with Crippen molar-refractivity contribution in [1.29, 1.82) is 0 Å². The normalized spacial score (nSPS) is 32.0. The standard InChI is InChI=1S/C15H25N5O17P4/c16-14-12-15(18-5-17-14)20(6-19-12)11-1-7(21)9(34-11)3-32-38(24)35-40(27,28)37-41(29,30)36-39(25,26)33-4-10-13(23)8(22)2-31-10/h5-11,13,21-24H,1-4H2,(H,25,26)(H,27,28)(H,29,30)(H2,16,17,18)/t7-,8-,9+,10+,11+,13-,38?/m0/s1. The summed E-state index contributed by atoms with van der Waals surface area (Å²) in [7, 11) is -20.3. The summed E-state index contributed by atoms with van der Waals surface area (Å²) in [4.78, 5) is 50.7. The van der Waals surface area contributed by atoms with Gasteiger partial charge >= 0.3 is 32.1 Å². The molecule has 0 spiro atoms. The van der Waals surface area contributed by atoms with Crippen molar-refractivity contribution in [3.05, 3.63) is 12.7 Å². The van der Waals surface area contributed by atoms with Crippen molar-refractivity contribution in [2.75, 3.05) is 25.6 Å². The summed E-state index contributed by atoms with van der Waals surface area (Å²) in [5, 5.41) is 29.3. The van der Waals surface area contributed by atoms with Gasteiger partial charge in [-0.15, -0.1) is 0 Å². The minimum absolute atomic E-state index is 0.0238. The maximum absolute atomic E-state index is 12.1. The van der Waals surface area contributed by atoms with Gasteiger partial charge in [-0.1, -0.05) is 0 Å². The van der Waals surface area contributed by atoms with Crippen LogP contribution in [0.15, 0.2) is 12.7 Å². The number of aliphatic hydroxyl groups excluding tert-OH is 3. The first-order valence-corrected chi connectivity index (χ1v) is 16.8. The second-order valence-corrected chi connectivity index (χ2v) is 14.2. The first kappa shape index (κ1) is 32.8. The molecule has 10 atom stereocenters. The summed E-state index contributed by atoms with van der Waals surface area (Å²) in [5.74, 6) is 0.123. The summed E-state index contributed by atoms with van der Waals surface area (Å²) in [5.41, 5.74) is 6.36. The second-order valence-electron chi connectivity index (χ2n) is 8.42. The van der Waals surface area contributed by atoms with Crippen molar-refractivity contribution in [3.63, 3.8) is 0 Å². The Hall–Kier alpha value is -1.09. The molecule has 0 radical (unpaired) electrons. The molecule has 0 aliphatic carbocycles. The molecular formula is C15H25N5O17P4. The lowest BCUT2D eigenvalue weighted by atomic mass is 10.2. The van der Waals surface area contributed by atoms with Crippen LogP contribution in [0.3, 0.4) is 0 Å². The summed E-state index contributed by atoms with van der Waals surface area (Å²) in [6.45, 7) is -1.80. The molecule has 26 heteroatoms. The van der Waals surface area contributed by atoms with Crippen molar-refractivity contribution in [2.24, 2.45) is 0 Å². The number of aliphatic hydroxyl groups is 3. The Morgan fingerprint density at radius 3 is 2.39 bits per heavy atom. The number of imidazole rings is 1. The van der Waals surface area contributed by atoms with Gasteiger partial charge < -0.3 is 54.6 Å². The largest absolute Gasteiger partial charge is 0.490 e. The first-order chi connectivity index (χ1) is 19.1. The number of ether oxygens (including phenoxy) is 2. The van der Waals surface area contributed by atoms with Gasteiger partial charge in [0.25, 0.3) is 0 Å². The van der Waals surface area contributed by atoms with Crippen molar-refractivity contribution >= 4 is 49.1 Å². The van der Waals surface area contributed by atoms with Crippen molar-refractivity contribution in [1.82, 2.24) is 19.5 Å². The number of phosphoric acid groups is 3. The zero-order valence-corrected chi connectivity index (χ0v) is 23.9. The highest BCUT2D eigenvalue weighted by Gasteiger charge is 2.45. The van der Waals surface area contributed by atoms with Gasteiger partial charge in [0.1, 0.15) is 42.5 Å². The number of hydrogen-bond acceptors (Lipinski definition) is 18. The average molecular weight is 671 g/mol. The number of rotatable bonds is 13. The topological polar surface area (TPSA) is 327 Å². The molecule has 0 aromatic carbocycles. The quantitative estimate of drug-likeness (QED) is 0.116. The van der Waals surface area contributed by atoms with Crippen LogP contribution in [-0.2, 0) is 45.1 Å². The van der Waals surface area contributed by atoms with E-state index in [2.05, 4.69) is 32.4 Å². The maximum Gasteiger partial charge on any atom is 0.490 e. The molecule has 22 nitrogen and oxygen atoms in total. The van der Waals surface area contributed by atoms with Gasteiger partial charge in [0, 0.05) is 6.42 Å². The van der Waals surface area contributed by atoms with E-state index >= 15 is 0 Å². The van der Waals surface area contributed by atoms with Gasteiger partial charge in [-0.25, -0.2) is 33.0 Å². The fourth-order valence-corrected chi connectivity index (χ4v) is 8.22. The number of aromatic nitrogens is 4. The molecule has 4 rings (SSSR count). The zero-order valence-electron chi connectivity index (χ0n) is 20.3. The van der Waals surface area contributed by atoms with Crippen LogP contribution >= 0.6 is 32.1 Å². The van der Waals surface area contributed by atoms with Crippen molar-refractivity contribution in [3.8, 4) is 0 Å². The molecule has 2 fully saturated rings. The van der Waals surface area contributed by atoms with E-state index in [0.717, 1.165) is 0 Å². The molecule has 0 amide bonds. The molecule has 232 valence electrons. The van der Waals surface area contributed by atoms with Crippen LogP contribution in [0.1, 0.15) is 12.6 Å². The molecule has 2 saturated heterocycles. The Labute approximate surface area is 230 Å². The number of anilines is 1. The van der Waals surface area contributed by atoms with Crippen LogP contribution in [0.2, 0.25) is 0 Å². The third-order valence-corrected chi connectivity index (χ3v) is 11.0. The fraction of sp³-hybridized carbons (Fsp3) is 0.667.